The Morgan fingerprint density at radius 1 is 1.05 bits per heavy atom. The van der Waals surface area contributed by atoms with Gasteiger partial charge in [0.2, 0.25) is 0 Å². The molecule has 2 rings (SSSR count). The summed E-state index contributed by atoms with van der Waals surface area (Å²) in [4.78, 5) is 26.8. The van der Waals surface area contributed by atoms with Gasteiger partial charge in [0.1, 0.15) is 5.75 Å². The van der Waals surface area contributed by atoms with Crippen LogP contribution < -0.4 is 4.74 Å². The van der Waals surface area contributed by atoms with Crippen LogP contribution in [-0.4, -0.2) is 37.3 Å². The van der Waals surface area contributed by atoms with E-state index in [1.165, 1.54) is 7.11 Å². The second kappa shape index (κ2) is 6.89. The SMILES string of the molecule is CCN(C)C(=O)c1cc(OC)ccc1C(=O)c1ccccc1. The molecule has 0 saturated carbocycles. The Morgan fingerprint density at radius 2 is 1.73 bits per heavy atom. The Morgan fingerprint density at radius 3 is 2.32 bits per heavy atom. The molecule has 0 aliphatic rings. The van der Waals surface area contributed by atoms with Crippen LogP contribution in [0.2, 0.25) is 0 Å². The van der Waals surface area contributed by atoms with Crippen LogP contribution in [0.3, 0.4) is 0 Å². The van der Waals surface area contributed by atoms with E-state index in [9.17, 15) is 9.59 Å². The summed E-state index contributed by atoms with van der Waals surface area (Å²) >= 11 is 0. The fourth-order valence-corrected chi connectivity index (χ4v) is 2.12. The molecular formula is C18H19NO3. The van der Waals surface area contributed by atoms with Crippen molar-refractivity contribution in [2.45, 2.75) is 6.92 Å². The van der Waals surface area contributed by atoms with E-state index in [1.807, 2.05) is 13.0 Å². The van der Waals surface area contributed by atoms with Gasteiger partial charge in [-0.2, -0.15) is 0 Å². The van der Waals surface area contributed by atoms with Crippen LogP contribution in [0.15, 0.2) is 48.5 Å². The minimum absolute atomic E-state index is 0.170. The van der Waals surface area contributed by atoms with Gasteiger partial charge in [-0.1, -0.05) is 30.3 Å². The van der Waals surface area contributed by atoms with E-state index in [1.54, 1.807) is 54.4 Å². The van der Waals surface area contributed by atoms with Crippen LogP contribution in [-0.2, 0) is 0 Å². The lowest BCUT2D eigenvalue weighted by molar-refractivity contribution is 0.0797. The number of hydrogen-bond donors (Lipinski definition) is 0. The lowest BCUT2D eigenvalue weighted by atomic mass is 9.97. The summed E-state index contributed by atoms with van der Waals surface area (Å²) in [5.41, 5.74) is 1.30. The molecule has 22 heavy (non-hydrogen) atoms. The molecule has 0 aliphatic heterocycles. The molecule has 0 radical (unpaired) electrons. The third-order valence-electron chi connectivity index (χ3n) is 3.56. The quantitative estimate of drug-likeness (QED) is 0.797. The fraction of sp³-hybridized carbons (Fsp3) is 0.222. The van der Waals surface area contributed by atoms with Gasteiger partial charge in [0, 0.05) is 24.7 Å². The predicted molar refractivity (Wildman–Crippen MR) is 85.5 cm³/mol. The topological polar surface area (TPSA) is 46.6 Å². The second-order valence-corrected chi connectivity index (χ2v) is 4.93. The van der Waals surface area contributed by atoms with Crippen molar-refractivity contribution in [3.05, 3.63) is 65.2 Å². The minimum atomic E-state index is -0.194. The van der Waals surface area contributed by atoms with Crippen LogP contribution in [0.4, 0.5) is 0 Å². The van der Waals surface area contributed by atoms with Crippen molar-refractivity contribution in [3.63, 3.8) is 0 Å². The summed E-state index contributed by atoms with van der Waals surface area (Å²) in [6, 6.07) is 13.9. The number of methoxy groups -OCH3 is 1. The van der Waals surface area contributed by atoms with E-state index in [2.05, 4.69) is 0 Å². The molecule has 0 fully saturated rings. The molecule has 2 aromatic carbocycles. The second-order valence-electron chi connectivity index (χ2n) is 4.93. The zero-order valence-electron chi connectivity index (χ0n) is 13.0. The number of hydrogen-bond acceptors (Lipinski definition) is 3. The highest BCUT2D eigenvalue weighted by Gasteiger charge is 2.21. The molecule has 4 heteroatoms. The monoisotopic (exact) mass is 297 g/mol. The molecular weight excluding hydrogens is 278 g/mol. The van der Waals surface area contributed by atoms with Gasteiger partial charge < -0.3 is 9.64 Å². The first-order valence-electron chi connectivity index (χ1n) is 7.11. The Kier molecular flexibility index (Phi) is 4.94. The summed E-state index contributed by atoms with van der Waals surface area (Å²) in [5.74, 6) is 0.189. The third kappa shape index (κ3) is 3.17. The van der Waals surface area contributed by atoms with Gasteiger partial charge in [-0.3, -0.25) is 9.59 Å². The highest BCUT2D eigenvalue weighted by atomic mass is 16.5. The first-order valence-corrected chi connectivity index (χ1v) is 7.11. The molecule has 0 spiro atoms. The number of ketones is 1. The molecule has 0 heterocycles. The average Bonchev–Trinajstić information content (AvgIpc) is 2.59. The molecule has 114 valence electrons. The van der Waals surface area contributed by atoms with Gasteiger partial charge in [-0.15, -0.1) is 0 Å². The van der Waals surface area contributed by atoms with E-state index < -0.39 is 0 Å². The molecule has 0 aliphatic carbocycles. The van der Waals surface area contributed by atoms with Crippen LogP contribution >= 0.6 is 0 Å². The normalized spacial score (nSPS) is 10.1. The first-order chi connectivity index (χ1) is 10.6. The van der Waals surface area contributed by atoms with Crippen molar-refractivity contribution < 1.29 is 14.3 Å². The summed E-state index contributed by atoms with van der Waals surface area (Å²) in [5, 5.41) is 0. The molecule has 0 bridgehead atoms. The van der Waals surface area contributed by atoms with E-state index in [4.69, 9.17) is 4.74 Å². The Labute approximate surface area is 130 Å². The highest BCUT2D eigenvalue weighted by molar-refractivity contribution is 6.15. The number of amides is 1. The maximum absolute atomic E-state index is 12.7. The van der Waals surface area contributed by atoms with Crippen LogP contribution in [0.5, 0.6) is 5.75 Å². The smallest absolute Gasteiger partial charge is 0.254 e. The maximum Gasteiger partial charge on any atom is 0.254 e. The fourth-order valence-electron chi connectivity index (χ4n) is 2.12. The number of rotatable bonds is 5. The number of carbonyl (C=O) groups excluding carboxylic acids is 2. The van der Waals surface area contributed by atoms with Crippen molar-refractivity contribution in [3.8, 4) is 5.75 Å². The van der Waals surface area contributed by atoms with Gasteiger partial charge >= 0.3 is 0 Å². The highest BCUT2D eigenvalue weighted by Crippen LogP contribution is 2.22. The Bertz CT molecular complexity index is 680. The molecule has 0 aromatic heterocycles. The van der Waals surface area contributed by atoms with Crippen molar-refractivity contribution in [1.82, 2.24) is 4.90 Å². The number of ether oxygens (including phenoxy) is 1. The predicted octanol–water partition coefficient (Wildman–Crippen LogP) is 3.02. The van der Waals surface area contributed by atoms with Crippen LogP contribution in [0.25, 0.3) is 0 Å². The van der Waals surface area contributed by atoms with Gasteiger partial charge in [0.15, 0.2) is 5.78 Å². The summed E-state index contributed by atoms with van der Waals surface area (Å²) < 4.78 is 5.18. The van der Waals surface area contributed by atoms with Gasteiger partial charge in [0.25, 0.3) is 5.91 Å². The summed E-state index contributed by atoms with van der Waals surface area (Å²) in [6.07, 6.45) is 0. The molecule has 2 aromatic rings. The summed E-state index contributed by atoms with van der Waals surface area (Å²) in [6.45, 7) is 2.45. The summed E-state index contributed by atoms with van der Waals surface area (Å²) in [7, 11) is 3.24. The first kappa shape index (κ1) is 15.8. The van der Waals surface area contributed by atoms with Crippen molar-refractivity contribution in [2.75, 3.05) is 20.7 Å². The maximum atomic E-state index is 12.7. The van der Waals surface area contributed by atoms with E-state index >= 15 is 0 Å². The van der Waals surface area contributed by atoms with Crippen molar-refractivity contribution in [2.24, 2.45) is 0 Å². The van der Waals surface area contributed by atoms with Crippen LogP contribution in [0.1, 0.15) is 33.2 Å². The van der Waals surface area contributed by atoms with Gasteiger partial charge in [-0.25, -0.2) is 0 Å². The average molecular weight is 297 g/mol. The van der Waals surface area contributed by atoms with E-state index in [0.29, 0.717) is 29.0 Å². The van der Waals surface area contributed by atoms with Gasteiger partial charge in [-0.05, 0) is 25.1 Å². The zero-order chi connectivity index (χ0) is 16.1. The number of carbonyl (C=O) groups is 2. The molecule has 0 N–H and O–H groups in total. The largest absolute Gasteiger partial charge is 0.497 e. The molecule has 0 atom stereocenters. The third-order valence-corrected chi connectivity index (χ3v) is 3.56. The Balaban J connectivity index is 2.51. The lowest BCUT2D eigenvalue weighted by Gasteiger charge is -2.17. The minimum Gasteiger partial charge on any atom is -0.497 e. The van der Waals surface area contributed by atoms with Crippen LogP contribution in [0, 0.1) is 0 Å². The van der Waals surface area contributed by atoms with Gasteiger partial charge in [0.05, 0.1) is 12.7 Å². The number of benzene rings is 2. The lowest BCUT2D eigenvalue weighted by Crippen LogP contribution is -2.28. The molecule has 1 amide bonds. The molecule has 4 nitrogen and oxygen atoms in total. The van der Waals surface area contributed by atoms with Crippen molar-refractivity contribution in [1.29, 1.82) is 0 Å². The van der Waals surface area contributed by atoms with E-state index in [0.717, 1.165) is 0 Å². The zero-order valence-corrected chi connectivity index (χ0v) is 13.0. The molecule has 0 saturated heterocycles. The number of nitrogens with zero attached hydrogens (tertiary/aromatic N) is 1. The standard InChI is InChI=1S/C18H19NO3/c1-4-19(2)18(21)16-12-14(22-3)10-11-15(16)17(20)13-8-6-5-7-9-13/h5-12H,4H2,1-3H3. The van der Waals surface area contributed by atoms with E-state index in [-0.39, 0.29) is 11.7 Å². The molecule has 0 unspecified atom stereocenters. The Hall–Kier alpha value is -2.62. The van der Waals surface area contributed by atoms with Crippen molar-refractivity contribution >= 4 is 11.7 Å².